The Hall–Kier alpha value is -3.62. The molecule has 3 aromatic rings. The molecule has 4 rings (SSSR count). The number of piperazine rings is 1. The van der Waals surface area contributed by atoms with E-state index >= 15 is 0 Å². The van der Waals surface area contributed by atoms with Crippen molar-refractivity contribution in [2.45, 2.75) is 6.92 Å². The number of ether oxygens (including phenoxy) is 1. The summed E-state index contributed by atoms with van der Waals surface area (Å²) in [5.74, 6) is -0.266. The van der Waals surface area contributed by atoms with Gasteiger partial charge in [-0.25, -0.2) is 4.79 Å². The van der Waals surface area contributed by atoms with Gasteiger partial charge in [0.15, 0.2) is 11.5 Å². The zero-order valence-corrected chi connectivity index (χ0v) is 16.0. The number of nitrogens with zero attached hydrogens (tertiary/aromatic N) is 4. The van der Waals surface area contributed by atoms with Crippen molar-refractivity contribution in [3.05, 3.63) is 54.1 Å². The van der Waals surface area contributed by atoms with Gasteiger partial charge in [-0.15, -0.1) is 5.11 Å². The van der Waals surface area contributed by atoms with Crippen LogP contribution in [-0.2, 0) is 4.74 Å². The Kier molecular flexibility index (Phi) is 5.28. The number of H-pyrrole nitrogens is 1. The molecule has 9 heteroatoms. The zero-order chi connectivity index (χ0) is 20.2. The van der Waals surface area contributed by atoms with E-state index in [2.05, 4.69) is 15.3 Å². The predicted molar refractivity (Wildman–Crippen MR) is 105 cm³/mol. The molecule has 0 unspecified atom stereocenters. The van der Waals surface area contributed by atoms with Crippen LogP contribution in [0.4, 0.5) is 5.69 Å². The molecule has 1 aromatic carbocycles. The molecule has 3 heterocycles. The van der Waals surface area contributed by atoms with Gasteiger partial charge in [0.1, 0.15) is 5.69 Å². The van der Waals surface area contributed by atoms with Gasteiger partial charge in [-0.2, -0.15) is 0 Å². The topological polar surface area (TPSA) is 103 Å². The number of amides is 1. The minimum absolute atomic E-state index is 0.132. The third-order valence-electron chi connectivity index (χ3n) is 4.70. The van der Waals surface area contributed by atoms with Crippen LogP contribution in [0.5, 0.6) is 0 Å². The van der Waals surface area contributed by atoms with Crippen LogP contribution >= 0.6 is 0 Å². The Morgan fingerprint density at radius 2 is 1.93 bits per heavy atom. The van der Waals surface area contributed by atoms with Crippen LogP contribution in [0.2, 0.25) is 0 Å². The fraction of sp³-hybridized carbons (Fsp3) is 0.300. The lowest BCUT2D eigenvalue weighted by molar-refractivity contribution is 0.0519. The number of fused-ring (bicyclic) bond motifs is 1. The van der Waals surface area contributed by atoms with Gasteiger partial charge in [-0.1, -0.05) is 23.4 Å². The Balaban J connectivity index is 1.48. The Bertz CT molecular complexity index is 1030. The molecule has 1 aliphatic rings. The maximum absolute atomic E-state index is 12.3. The number of aromatic amines is 1. The fourth-order valence-corrected chi connectivity index (χ4v) is 3.23. The van der Waals surface area contributed by atoms with Crippen LogP contribution in [0.15, 0.2) is 57.4 Å². The van der Waals surface area contributed by atoms with Crippen molar-refractivity contribution in [3.8, 4) is 0 Å². The number of aromatic nitrogens is 1. The van der Waals surface area contributed by atoms with E-state index in [0.29, 0.717) is 37.6 Å². The molecule has 0 bridgehead atoms. The van der Waals surface area contributed by atoms with Crippen LogP contribution in [0.3, 0.4) is 0 Å². The number of esters is 1. The number of para-hydroxylation sites is 1. The summed E-state index contributed by atoms with van der Waals surface area (Å²) >= 11 is 0. The van der Waals surface area contributed by atoms with Gasteiger partial charge in [0.05, 0.1) is 26.0 Å². The highest BCUT2D eigenvalue weighted by Crippen LogP contribution is 2.31. The molecule has 1 N–H and O–H groups in total. The number of nitrogens with one attached hydrogen (secondary N) is 1. The highest BCUT2D eigenvalue weighted by molar-refractivity contribution is 6.04. The van der Waals surface area contributed by atoms with E-state index in [1.54, 1.807) is 29.0 Å². The lowest BCUT2D eigenvalue weighted by Gasteiger charge is -2.31. The number of hydrogen-bond donors (Lipinski definition) is 1. The molecular formula is C20H21N5O4. The van der Waals surface area contributed by atoms with Crippen molar-refractivity contribution < 1.29 is 18.7 Å². The van der Waals surface area contributed by atoms with E-state index in [1.807, 2.05) is 24.3 Å². The maximum Gasteiger partial charge on any atom is 0.357 e. The number of carbonyl (C=O) groups is 2. The summed E-state index contributed by atoms with van der Waals surface area (Å²) < 4.78 is 10.3. The number of furan rings is 1. The summed E-state index contributed by atoms with van der Waals surface area (Å²) in [6, 6.07) is 10.9. The first-order valence-corrected chi connectivity index (χ1v) is 9.44. The number of rotatable bonds is 5. The van der Waals surface area contributed by atoms with Gasteiger partial charge in [0.2, 0.25) is 0 Å². The second-order valence-electron chi connectivity index (χ2n) is 6.53. The lowest BCUT2D eigenvalue weighted by atomic mass is 10.2. The van der Waals surface area contributed by atoms with E-state index in [0.717, 1.165) is 10.9 Å². The molecule has 1 amide bonds. The molecule has 0 atom stereocenters. The van der Waals surface area contributed by atoms with E-state index < -0.39 is 5.97 Å². The second-order valence-corrected chi connectivity index (χ2v) is 6.53. The minimum Gasteiger partial charge on any atom is -0.461 e. The zero-order valence-electron chi connectivity index (χ0n) is 16.0. The van der Waals surface area contributed by atoms with Gasteiger partial charge in [-0.05, 0) is 25.1 Å². The molecule has 1 saturated heterocycles. The van der Waals surface area contributed by atoms with E-state index in [1.165, 1.54) is 6.26 Å². The van der Waals surface area contributed by atoms with Gasteiger partial charge >= 0.3 is 5.97 Å². The molecule has 0 aliphatic carbocycles. The Labute approximate surface area is 166 Å². The summed E-state index contributed by atoms with van der Waals surface area (Å²) in [6.45, 7) is 4.12. The SMILES string of the molecule is CCOC(=O)c1[nH]c2ccccc2c1N=NN1CCN(C(=O)c2ccco2)CC1. The molecule has 2 aromatic heterocycles. The summed E-state index contributed by atoms with van der Waals surface area (Å²) in [4.78, 5) is 29.4. The third kappa shape index (κ3) is 3.84. The normalized spacial score (nSPS) is 14.7. The van der Waals surface area contributed by atoms with Crippen LogP contribution < -0.4 is 0 Å². The molecule has 9 nitrogen and oxygen atoms in total. The lowest BCUT2D eigenvalue weighted by Crippen LogP contribution is -2.46. The van der Waals surface area contributed by atoms with Gasteiger partial charge < -0.3 is 19.0 Å². The van der Waals surface area contributed by atoms with Gasteiger partial charge in [0, 0.05) is 24.0 Å². The monoisotopic (exact) mass is 395 g/mol. The minimum atomic E-state index is -0.466. The van der Waals surface area contributed by atoms with Gasteiger partial charge in [0.25, 0.3) is 5.91 Å². The molecule has 150 valence electrons. The average Bonchev–Trinajstić information content (AvgIpc) is 3.40. The van der Waals surface area contributed by atoms with Gasteiger partial charge in [-0.3, -0.25) is 9.80 Å². The van der Waals surface area contributed by atoms with Crippen molar-refractivity contribution in [1.29, 1.82) is 0 Å². The second kappa shape index (κ2) is 8.17. The fourth-order valence-electron chi connectivity index (χ4n) is 3.23. The summed E-state index contributed by atoms with van der Waals surface area (Å²) in [7, 11) is 0. The standard InChI is InChI=1S/C20H21N5O4/c1-2-28-20(27)18-17(14-6-3-4-7-15(14)21-18)22-23-25-11-9-24(10-12-25)19(26)16-8-5-13-29-16/h3-8,13,21H,2,9-12H2,1H3. The molecule has 0 radical (unpaired) electrons. The first-order valence-electron chi connectivity index (χ1n) is 9.44. The molecule has 1 fully saturated rings. The van der Waals surface area contributed by atoms with E-state index in [4.69, 9.17) is 9.15 Å². The first-order chi connectivity index (χ1) is 14.2. The predicted octanol–water partition coefficient (Wildman–Crippen LogP) is 3.39. The number of benzene rings is 1. The maximum atomic E-state index is 12.3. The van der Waals surface area contributed by atoms with Crippen molar-refractivity contribution in [2.75, 3.05) is 32.8 Å². The molecule has 1 aliphatic heterocycles. The quantitative estimate of drug-likeness (QED) is 0.527. The third-order valence-corrected chi connectivity index (χ3v) is 4.70. The van der Waals surface area contributed by atoms with Crippen LogP contribution in [-0.4, -0.2) is 59.6 Å². The van der Waals surface area contributed by atoms with Crippen LogP contribution in [0.1, 0.15) is 28.0 Å². The molecule has 29 heavy (non-hydrogen) atoms. The summed E-state index contributed by atoms with van der Waals surface area (Å²) in [5, 5.41) is 11.2. The molecular weight excluding hydrogens is 374 g/mol. The first kappa shape index (κ1) is 18.7. The highest BCUT2D eigenvalue weighted by Gasteiger charge is 2.24. The molecule has 0 saturated carbocycles. The average molecular weight is 395 g/mol. The molecule has 0 spiro atoms. The number of hydrogen-bond acceptors (Lipinski definition) is 6. The van der Waals surface area contributed by atoms with Crippen LogP contribution in [0.25, 0.3) is 10.9 Å². The van der Waals surface area contributed by atoms with Crippen LogP contribution in [0, 0.1) is 0 Å². The van der Waals surface area contributed by atoms with Crippen molar-refractivity contribution in [3.63, 3.8) is 0 Å². The van der Waals surface area contributed by atoms with E-state index in [-0.39, 0.29) is 18.2 Å². The summed E-state index contributed by atoms with van der Waals surface area (Å²) in [6.07, 6.45) is 1.49. The number of carbonyl (C=O) groups excluding carboxylic acids is 2. The van der Waals surface area contributed by atoms with Crippen molar-refractivity contribution in [2.24, 2.45) is 10.3 Å². The highest BCUT2D eigenvalue weighted by atomic mass is 16.5. The van der Waals surface area contributed by atoms with Crippen molar-refractivity contribution in [1.82, 2.24) is 14.9 Å². The summed E-state index contributed by atoms with van der Waals surface area (Å²) in [5.41, 5.74) is 1.52. The smallest absolute Gasteiger partial charge is 0.357 e. The largest absolute Gasteiger partial charge is 0.461 e. The van der Waals surface area contributed by atoms with E-state index in [9.17, 15) is 9.59 Å². The Morgan fingerprint density at radius 1 is 1.14 bits per heavy atom. The van der Waals surface area contributed by atoms with Crippen molar-refractivity contribution >= 4 is 28.5 Å². The Morgan fingerprint density at radius 3 is 2.66 bits per heavy atom.